The summed E-state index contributed by atoms with van der Waals surface area (Å²) in [5.41, 5.74) is 9.00. The Bertz CT molecular complexity index is 544. The Morgan fingerprint density at radius 2 is 2.39 bits per heavy atom. The van der Waals surface area contributed by atoms with E-state index >= 15 is 0 Å². The second-order valence-corrected chi connectivity index (χ2v) is 4.51. The normalized spacial score (nSPS) is 19.3. The van der Waals surface area contributed by atoms with Crippen LogP contribution < -0.4 is 5.73 Å². The smallest absolute Gasteiger partial charge is 0.129 e. The van der Waals surface area contributed by atoms with Crippen molar-refractivity contribution in [2.24, 2.45) is 7.05 Å². The zero-order chi connectivity index (χ0) is 12.5. The molecule has 1 aliphatic heterocycles. The number of nitrogens with two attached hydrogens (primary N) is 1. The molecule has 0 spiro atoms. The molecular formula is C13H16N4O. The third-order valence-electron chi connectivity index (χ3n) is 3.30. The summed E-state index contributed by atoms with van der Waals surface area (Å²) in [4.78, 5) is 4.15. The van der Waals surface area contributed by atoms with E-state index in [9.17, 15) is 0 Å². The van der Waals surface area contributed by atoms with Crippen LogP contribution in [0.25, 0.3) is 11.1 Å². The lowest BCUT2D eigenvalue weighted by Gasteiger charge is -2.09. The molecule has 1 saturated heterocycles. The summed E-state index contributed by atoms with van der Waals surface area (Å²) in [6, 6.07) is 3.90. The van der Waals surface area contributed by atoms with Gasteiger partial charge in [-0.1, -0.05) is 6.07 Å². The molecule has 5 heteroatoms. The molecule has 0 amide bonds. The molecule has 2 aromatic heterocycles. The van der Waals surface area contributed by atoms with E-state index in [0.29, 0.717) is 5.82 Å². The molecule has 0 aliphatic carbocycles. The molecule has 0 radical (unpaired) electrons. The molecule has 94 valence electrons. The first-order chi connectivity index (χ1) is 8.77. The van der Waals surface area contributed by atoms with Gasteiger partial charge in [-0.05, 0) is 18.9 Å². The van der Waals surface area contributed by atoms with Gasteiger partial charge in [0.15, 0.2) is 0 Å². The zero-order valence-electron chi connectivity index (χ0n) is 10.3. The van der Waals surface area contributed by atoms with Gasteiger partial charge in [-0.2, -0.15) is 5.10 Å². The maximum atomic E-state index is 6.12. The summed E-state index contributed by atoms with van der Waals surface area (Å²) in [5.74, 6) is 0.661. The molecule has 5 nitrogen and oxygen atoms in total. The average molecular weight is 244 g/mol. The average Bonchev–Trinajstić information content (AvgIpc) is 3.00. The van der Waals surface area contributed by atoms with Crippen molar-refractivity contribution in [3.63, 3.8) is 0 Å². The van der Waals surface area contributed by atoms with Crippen molar-refractivity contribution in [3.05, 3.63) is 30.2 Å². The van der Waals surface area contributed by atoms with Crippen molar-refractivity contribution >= 4 is 5.82 Å². The highest BCUT2D eigenvalue weighted by Gasteiger charge is 2.26. The Balaban J connectivity index is 2.12. The number of hydrogen-bond acceptors (Lipinski definition) is 4. The Morgan fingerprint density at radius 1 is 1.50 bits per heavy atom. The highest BCUT2D eigenvalue weighted by Crippen LogP contribution is 2.37. The second kappa shape index (κ2) is 4.42. The Morgan fingerprint density at radius 3 is 3.06 bits per heavy atom. The van der Waals surface area contributed by atoms with Crippen molar-refractivity contribution < 1.29 is 4.74 Å². The van der Waals surface area contributed by atoms with Crippen LogP contribution >= 0.6 is 0 Å². The third-order valence-corrected chi connectivity index (χ3v) is 3.30. The summed E-state index contributed by atoms with van der Waals surface area (Å²) in [7, 11) is 1.85. The van der Waals surface area contributed by atoms with Crippen LogP contribution in [-0.2, 0) is 11.8 Å². The molecule has 1 aliphatic rings. The van der Waals surface area contributed by atoms with Gasteiger partial charge in [0.25, 0.3) is 0 Å². The van der Waals surface area contributed by atoms with E-state index in [-0.39, 0.29) is 6.10 Å². The monoisotopic (exact) mass is 244 g/mol. The Kier molecular flexibility index (Phi) is 2.76. The second-order valence-electron chi connectivity index (χ2n) is 4.51. The number of pyridine rings is 1. The molecule has 1 atom stereocenters. The van der Waals surface area contributed by atoms with Crippen LogP contribution in [0.1, 0.15) is 24.6 Å². The number of anilines is 1. The molecule has 2 N–H and O–H groups in total. The van der Waals surface area contributed by atoms with Crippen LogP contribution in [-0.4, -0.2) is 21.4 Å². The Labute approximate surface area is 106 Å². The first-order valence-electron chi connectivity index (χ1n) is 6.11. The molecule has 0 aromatic carbocycles. The number of hydrogen-bond donors (Lipinski definition) is 1. The van der Waals surface area contributed by atoms with E-state index in [4.69, 9.17) is 10.5 Å². The van der Waals surface area contributed by atoms with Gasteiger partial charge in [0, 0.05) is 31.6 Å². The molecule has 1 unspecified atom stereocenters. The predicted molar refractivity (Wildman–Crippen MR) is 68.8 cm³/mol. The summed E-state index contributed by atoms with van der Waals surface area (Å²) >= 11 is 0. The molecule has 0 bridgehead atoms. The lowest BCUT2D eigenvalue weighted by Crippen LogP contribution is -2.00. The van der Waals surface area contributed by atoms with Crippen molar-refractivity contribution in [2.45, 2.75) is 18.9 Å². The molecule has 18 heavy (non-hydrogen) atoms. The van der Waals surface area contributed by atoms with Gasteiger partial charge in [0.05, 0.1) is 5.56 Å². The summed E-state index contributed by atoms with van der Waals surface area (Å²) < 4.78 is 7.43. The van der Waals surface area contributed by atoms with Gasteiger partial charge in [0.1, 0.15) is 17.6 Å². The standard InChI is InChI=1S/C13H16N4O/c1-17-13(14)11(9-4-2-6-15-8-9)12(16-17)10-5-3-7-18-10/h2,4,6,8,10H,3,5,7,14H2,1H3. The van der Waals surface area contributed by atoms with E-state index in [0.717, 1.165) is 36.3 Å². The van der Waals surface area contributed by atoms with Crippen molar-refractivity contribution in [2.75, 3.05) is 12.3 Å². The topological polar surface area (TPSA) is 66.0 Å². The van der Waals surface area contributed by atoms with E-state index in [2.05, 4.69) is 10.1 Å². The number of nitrogens with zero attached hydrogens (tertiary/aromatic N) is 3. The van der Waals surface area contributed by atoms with E-state index in [1.165, 1.54) is 0 Å². The van der Waals surface area contributed by atoms with Gasteiger partial charge in [-0.3, -0.25) is 9.67 Å². The fourth-order valence-electron chi connectivity index (χ4n) is 2.38. The molecule has 3 rings (SSSR count). The maximum Gasteiger partial charge on any atom is 0.129 e. The van der Waals surface area contributed by atoms with Crippen molar-refractivity contribution in [1.82, 2.24) is 14.8 Å². The molecular weight excluding hydrogens is 228 g/mol. The minimum absolute atomic E-state index is 0.0590. The van der Waals surface area contributed by atoms with Crippen LogP contribution in [0.3, 0.4) is 0 Å². The van der Waals surface area contributed by atoms with Crippen LogP contribution in [0.4, 0.5) is 5.82 Å². The summed E-state index contributed by atoms with van der Waals surface area (Å²) in [5, 5.41) is 4.51. The predicted octanol–water partition coefficient (Wildman–Crippen LogP) is 1.92. The minimum atomic E-state index is 0.0590. The van der Waals surface area contributed by atoms with Crippen LogP contribution in [0, 0.1) is 0 Å². The fourth-order valence-corrected chi connectivity index (χ4v) is 2.38. The third kappa shape index (κ3) is 1.76. The van der Waals surface area contributed by atoms with Crippen LogP contribution in [0.5, 0.6) is 0 Å². The first-order valence-corrected chi connectivity index (χ1v) is 6.11. The number of nitrogen functional groups attached to an aromatic ring is 1. The lowest BCUT2D eigenvalue weighted by molar-refractivity contribution is 0.108. The van der Waals surface area contributed by atoms with Gasteiger partial charge < -0.3 is 10.5 Å². The fraction of sp³-hybridized carbons (Fsp3) is 0.385. The molecule has 3 heterocycles. The number of ether oxygens (including phenoxy) is 1. The van der Waals surface area contributed by atoms with Crippen LogP contribution in [0.15, 0.2) is 24.5 Å². The summed E-state index contributed by atoms with van der Waals surface area (Å²) in [6.07, 6.45) is 5.70. The first kappa shape index (κ1) is 11.2. The SMILES string of the molecule is Cn1nc(C2CCCO2)c(-c2cccnc2)c1N. The summed E-state index contributed by atoms with van der Waals surface area (Å²) in [6.45, 7) is 0.799. The number of aryl methyl sites for hydroxylation is 1. The van der Waals surface area contributed by atoms with Gasteiger partial charge in [-0.15, -0.1) is 0 Å². The van der Waals surface area contributed by atoms with E-state index in [1.54, 1.807) is 10.9 Å². The lowest BCUT2D eigenvalue weighted by atomic mass is 10.0. The van der Waals surface area contributed by atoms with Crippen molar-refractivity contribution in [3.8, 4) is 11.1 Å². The highest BCUT2D eigenvalue weighted by molar-refractivity contribution is 5.76. The van der Waals surface area contributed by atoms with Crippen molar-refractivity contribution in [1.29, 1.82) is 0 Å². The number of aromatic nitrogens is 3. The Hall–Kier alpha value is -1.88. The van der Waals surface area contributed by atoms with E-state index in [1.807, 2.05) is 25.4 Å². The molecule has 2 aromatic rings. The maximum absolute atomic E-state index is 6.12. The minimum Gasteiger partial charge on any atom is -0.383 e. The van der Waals surface area contributed by atoms with Crippen LogP contribution in [0.2, 0.25) is 0 Å². The quantitative estimate of drug-likeness (QED) is 0.876. The highest BCUT2D eigenvalue weighted by atomic mass is 16.5. The van der Waals surface area contributed by atoms with Gasteiger partial charge in [-0.25, -0.2) is 0 Å². The largest absolute Gasteiger partial charge is 0.383 e. The molecule has 0 saturated carbocycles. The van der Waals surface area contributed by atoms with E-state index < -0.39 is 0 Å². The van der Waals surface area contributed by atoms with Gasteiger partial charge in [0.2, 0.25) is 0 Å². The number of rotatable bonds is 2. The molecule has 1 fully saturated rings. The zero-order valence-corrected chi connectivity index (χ0v) is 10.3. The van der Waals surface area contributed by atoms with Gasteiger partial charge >= 0.3 is 0 Å².